The number of hydrogen-bond acceptors (Lipinski definition) is 3. The van der Waals surface area contributed by atoms with Crippen LogP contribution in [0.5, 0.6) is 0 Å². The van der Waals surface area contributed by atoms with Crippen molar-refractivity contribution in [1.82, 2.24) is 0 Å². The van der Waals surface area contributed by atoms with Gasteiger partial charge < -0.3 is 4.74 Å². The van der Waals surface area contributed by atoms with Gasteiger partial charge in [0, 0.05) is 0 Å². The third kappa shape index (κ3) is 2.97. The molecule has 0 aromatic heterocycles. The largest absolute Gasteiger partial charge is 0.466 e. The minimum atomic E-state index is -0.541. The molecule has 0 amide bonds. The summed E-state index contributed by atoms with van der Waals surface area (Å²) in [5.74, 6) is -0.541. The van der Waals surface area contributed by atoms with E-state index in [1.165, 1.54) is 7.11 Å². The van der Waals surface area contributed by atoms with E-state index < -0.39 is 5.97 Å². The van der Waals surface area contributed by atoms with Crippen LogP contribution in [0.2, 0.25) is 0 Å². The quantitative estimate of drug-likeness (QED) is 0.289. The molecule has 0 saturated carbocycles. The van der Waals surface area contributed by atoms with E-state index in [1.807, 2.05) is 0 Å². The summed E-state index contributed by atoms with van der Waals surface area (Å²) in [4.78, 5) is 14.1. The molecule has 0 N–H and O–H groups in total. The molecular formula is C4H5NO3. The summed E-state index contributed by atoms with van der Waals surface area (Å²) in [5, 5.41) is 2.47. The number of ether oxygens (including phenoxy) is 1. The Morgan fingerprint density at radius 1 is 1.88 bits per heavy atom. The molecule has 0 aromatic rings. The maximum absolute atomic E-state index is 10.1. The van der Waals surface area contributed by atoms with E-state index in [4.69, 9.17) is 6.57 Å². The SMILES string of the molecule is [C-]#[N+]OCC(=O)OC. The fraction of sp³-hybridized carbons (Fsp3) is 0.500. The molecule has 4 heteroatoms. The summed E-state index contributed by atoms with van der Waals surface area (Å²) in [6.07, 6.45) is 0. The highest BCUT2D eigenvalue weighted by atomic mass is 16.6. The van der Waals surface area contributed by atoms with Crippen LogP contribution in [0.25, 0.3) is 5.01 Å². The molecule has 44 valence electrons. The minimum Gasteiger partial charge on any atom is -0.466 e. The third-order valence-electron chi connectivity index (χ3n) is 0.475. The molecule has 4 nitrogen and oxygen atoms in total. The van der Waals surface area contributed by atoms with Gasteiger partial charge in [-0.3, -0.25) is 0 Å². The number of esters is 1. The van der Waals surface area contributed by atoms with Crippen LogP contribution < -0.4 is 0 Å². The second-order valence-corrected chi connectivity index (χ2v) is 0.941. The molecule has 0 rings (SSSR count). The molecule has 0 aliphatic carbocycles. The Labute approximate surface area is 46.8 Å². The molecule has 0 aromatic carbocycles. The fourth-order valence-electron chi connectivity index (χ4n) is 0.144. The summed E-state index contributed by atoms with van der Waals surface area (Å²) in [6, 6.07) is 0. The van der Waals surface area contributed by atoms with Gasteiger partial charge in [0.25, 0.3) is 6.61 Å². The standard InChI is InChI=1S/C4H5NO3/c1-5-8-3-4(6)7-2/h3H2,2H3. The van der Waals surface area contributed by atoms with Crippen LogP contribution in [-0.2, 0) is 14.4 Å². The zero-order valence-electron chi connectivity index (χ0n) is 4.38. The first-order valence-electron chi connectivity index (χ1n) is 1.86. The molecule has 0 aliphatic heterocycles. The number of carbonyl (C=O) groups excluding carboxylic acids is 1. The Kier molecular flexibility index (Phi) is 3.32. The number of methoxy groups -OCH3 is 1. The van der Waals surface area contributed by atoms with Gasteiger partial charge in [-0.25, -0.2) is 4.79 Å². The maximum atomic E-state index is 10.1. The molecule has 0 aliphatic rings. The molecule has 0 heterocycles. The average molecular weight is 115 g/mol. The Balaban J connectivity index is 3.15. The van der Waals surface area contributed by atoms with E-state index in [9.17, 15) is 4.79 Å². The Bertz CT molecular complexity index is 115. The van der Waals surface area contributed by atoms with Crippen LogP contribution in [0.4, 0.5) is 0 Å². The van der Waals surface area contributed by atoms with Gasteiger partial charge >= 0.3 is 5.97 Å². The normalized spacial score (nSPS) is 7.00. The Morgan fingerprint density at radius 3 is 2.88 bits per heavy atom. The van der Waals surface area contributed by atoms with Crippen molar-refractivity contribution in [2.75, 3.05) is 13.7 Å². The van der Waals surface area contributed by atoms with Crippen LogP contribution in [0.1, 0.15) is 0 Å². The van der Waals surface area contributed by atoms with E-state index in [2.05, 4.69) is 14.6 Å². The zero-order chi connectivity index (χ0) is 6.41. The Hall–Kier alpha value is -1.24. The van der Waals surface area contributed by atoms with Gasteiger partial charge in [0.2, 0.25) is 0 Å². The predicted molar refractivity (Wildman–Crippen MR) is 24.6 cm³/mol. The molecule has 0 bridgehead atoms. The number of rotatable bonds is 2. The van der Waals surface area contributed by atoms with Crippen molar-refractivity contribution in [3.05, 3.63) is 11.6 Å². The summed E-state index contributed by atoms with van der Waals surface area (Å²) < 4.78 is 4.14. The lowest BCUT2D eigenvalue weighted by Gasteiger charge is -1.88. The first-order chi connectivity index (χ1) is 3.81. The van der Waals surface area contributed by atoms with Crippen molar-refractivity contribution in [2.24, 2.45) is 0 Å². The van der Waals surface area contributed by atoms with E-state index in [0.29, 0.717) is 0 Å². The van der Waals surface area contributed by atoms with Crippen LogP contribution >= 0.6 is 0 Å². The second kappa shape index (κ2) is 3.93. The molecule has 0 unspecified atom stereocenters. The topological polar surface area (TPSA) is 39.9 Å². The third-order valence-corrected chi connectivity index (χ3v) is 0.475. The minimum absolute atomic E-state index is 0.292. The molecular weight excluding hydrogens is 110 g/mol. The summed E-state index contributed by atoms with van der Waals surface area (Å²) >= 11 is 0. The average Bonchev–Trinajstić information content (AvgIpc) is 1.83. The van der Waals surface area contributed by atoms with Crippen molar-refractivity contribution in [2.45, 2.75) is 0 Å². The zero-order valence-corrected chi connectivity index (χ0v) is 4.38. The van der Waals surface area contributed by atoms with Crippen LogP contribution in [0.3, 0.4) is 0 Å². The molecule has 0 radical (unpaired) electrons. The summed E-state index contributed by atoms with van der Waals surface area (Å²) in [6.45, 7) is 5.77. The molecule has 0 atom stereocenters. The highest BCUT2D eigenvalue weighted by Crippen LogP contribution is 1.76. The van der Waals surface area contributed by atoms with E-state index in [0.717, 1.165) is 0 Å². The first-order valence-corrected chi connectivity index (χ1v) is 1.86. The number of hydrogen-bond donors (Lipinski definition) is 0. The monoisotopic (exact) mass is 115 g/mol. The predicted octanol–water partition coefficient (Wildman–Crippen LogP) is 0.0103. The molecule has 0 saturated heterocycles. The smallest absolute Gasteiger partial charge is 0.352 e. The maximum Gasteiger partial charge on any atom is 0.352 e. The van der Waals surface area contributed by atoms with Gasteiger partial charge in [0.05, 0.1) is 7.11 Å². The highest BCUT2D eigenvalue weighted by Gasteiger charge is 1.99. The van der Waals surface area contributed by atoms with Crippen molar-refractivity contribution in [3.63, 3.8) is 0 Å². The van der Waals surface area contributed by atoms with Crippen LogP contribution in [0.15, 0.2) is 0 Å². The fourth-order valence-corrected chi connectivity index (χ4v) is 0.144. The van der Waals surface area contributed by atoms with Gasteiger partial charge in [-0.2, -0.15) is 11.4 Å². The lowest BCUT2D eigenvalue weighted by atomic mass is 10.7. The van der Waals surface area contributed by atoms with Gasteiger partial charge in [-0.05, 0) is 5.01 Å². The van der Waals surface area contributed by atoms with Crippen molar-refractivity contribution in [1.29, 1.82) is 0 Å². The summed E-state index contributed by atoms with van der Waals surface area (Å²) in [5.41, 5.74) is 0. The van der Waals surface area contributed by atoms with Crippen LogP contribution in [-0.4, -0.2) is 19.7 Å². The van der Waals surface area contributed by atoms with Gasteiger partial charge in [-0.15, -0.1) is 0 Å². The number of carbonyl (C=O) groups is 1. The number of nitrogens with zero attached hydrogens (tertiary/aromatic N) is 1. The van der Waals surface area contributed by atoms with Gasteiger partial charge in [0.15, 0.2) is 0 Å². The lowest BCUT2D eigenvalue weighted by molar-refractivity contribution is -0.144. The summed E-state index contributed by atoms with van der Waals surface area (Å²) in [7, 11) is 1.23. The van der Waals surface area contributed by atoms with Gasteiger partial charge in [0.1, 0.15) is 0 Å². The van der Waals surface area contributed by atoms with Crippen LogP contribution in [0, 0.1) is 6.57 Å². The van der Waals surface area contributed by atoms with E-state index in [1.54, 1.807) is 0 Å². The molecule has 8 heavy (non-hydrogen) atoms. The van der Waals surface area contributed by atoms with Crippen molar-refractivity contribution < 1.29 is 14.4 Å². The van der Waals surface area contributed by atoms with Gasteiger partial charge in [-0.1, -0.05) is 0 Å². The van der Waals surface area contributed by atoms with Crippen molar-refractivity contribution in [3.8, 4) is 0 Å². The Morgan fingerprint density at radius 2 is 2.50 bits per heavy atom. The van der Waals surface area contributed by atoms with E-state index in [-0.39, 0.29) is 6.61 Å². The lowest BCUT2D eigenvalue weighted by Crippen LogP contribution is -2.06. The first kappa shape index (κ1) is 6.76. The molecule has 0 spiro atoms. The second-order valence-electron chi connectivity index (χ2n) is 0.941. The highest BCUT2D eigenvalue weighted by molar-refractivity contribution is 5.70. The van der Waals surface area contributed by atoms with Crippen molar-refractivity contribution >= 4 is 5.97 Å². The molecule has 0 fully saturated rings. The van der Waals surface area contributed by atoms with E-state index >= 15 is 0 Å².